The molecule has 0 aliphatic carbocycles. The zero-order chi connectivity index (χ0) is 39.6. The number of fused-ring (bicyclic) bond motifs is 1. The van der Waals surface area contributed by atoms with Crippen LogP contribution in [-0.2, 0) is 29.3 Å². The number of likely N-dealkylation sites (tertiary alicyclic amines) is 2. The van der Waals surface area contributed by atoms with Gasteiger partial charge in [-0.25, -0.2) is 5.09 Å². The standard InChI is InChI=1S/C30H36F2N3O6PS.C9H10N2O/c1-4-10-24(29(38)35-15-8-9-16-35)34-28(37)26-18-21-17-22(13-14-25(21)43-26)30(31,32)42(39,33-19-27(36)40-20(2)3)41-23-11-6-5-7-12-23;12-7-11-5-9(6-11)8-2-1-3-10-4-8/h5-7,11-14,17-18,20,24H,4,8-10,15-16,19H2,1-3H3,(H,33,39)(H,34,37);1-4,7,9H,5-6H2/t24-,42?;/m0./s1. The number of esters is 1. The first kappa shape index (κ1) is 41.4. The van der Waals surface area contributed by atoms with Crippen molar-refractivity contribution < 1.29 is 41.8 Å². The number of alkyl halides is 2. The number of halogens is 2. The van der Waals surface area contributed by atoms with Crippen LogP contribution in [0.4, 0.5) is 8.78 Å². The number of aromatic nitrogens is 1. The summed E-state index contributed by atoms with van der Waals surface area (Å²) in [6, 6.07) is 15.9. The van der Waals surface area contributed by atoms with Crippen molar-refractivity contribution in [3.8, 4) is 5.75 Å². The van der Waals surface area contributed by atoms with Crippen molar-refractivity contribution in [2.24, 2.45) is 0 Å². The smallest absolute Gasteiger partial charge is 0.390 e. The summed E-state index contributed by atoms with van der Waals surface area (Å²) in [6.45, 7) is 7.39. The quantitative estimate of drug-likeness (QED) is 0.0744. The molecule has 2 fully saturated rings. The Morgan fingerprint density at radius 1 is 1.05 bits per heavy atom. The number of thiophene rings is 1. The van der Waals surface area contributed by atoms with Crippen LogP contribution in [0.15, 0.2) is 79.1 Å². The van der Waals surface area contributed by atoms with Gasteiger partial charge in [0.05, 0.1) is 11.0 Å². The molecule has 55 heavy (non-hydrogen) atoms. The summed E-state index contributed by atoms with van der Waals surface area (Å²) in [5.74, 6) is -1.02. The minimum Gasteiger partial charge on any atom is -0.462 e. The molecule has 4 heterocycles. The first-order valence-electron chi connectivity index (χ1n) is 18.2. The maximum Gasteiger partial charge on any atom is 0.390 e. The highest BCUT2D eigenvalue weighted by Gasteiger charge is 2.55. The Morgan fingerprint density at radius 3 is 2.42 bits per heavy atom. The van der Waals surface area contributed by atoms with Crippen LogP contribution in [0.3, 0.4) is 0 Å². The summed E-state index contributed by atoms with van der Waals surface area (Å²) in [6.07, 6.45) is 7.08. The maximum absolute atomic E-state index is 16.1. The number of carbonyl (C=O) groups excluding carboxylic acids is 4. The summed E-state index contributed by atoms with van der Waals surface area (Å²) in [7, 11) is -5.10. The summed E-state index contributed by atoms with van der Waals surface area (Å²) >= 11 is 1.10. The van der Waals surface area contributed by atoms with Gasteiger partial charge in [-0.15, -0.1) is 11.3 Å². The molecule has 0 saturated carbocycles. The van der Waals surface area contributed by atoms with Gasteiger partial charge in [0.15, 0.2) is 0 Å². The molecule has 16 heteroatoms. The molecule has 1 unspecified atom stereocenters. The third kappa shape index (κ3) is 10.5. The van der Waals surface area contributed by atoms with Gasteiger partial charge in [0.1, 0.15) is 18.3 Å². The highest BCUT2D eigenvalue weighted by Crippen LogP contribution is 2.63. The summed E-state index contributed by atoms with van der Waals surface area (Å²) in [5, 5.41) is 5.29. The van der Waals surface area contributed by atoms with E-state index >= 15 is 8.78 Å². The minimum atomic E-state index is -5.10. The zero-order valence-electron chi connectivity index (χ0n) is 31.0. The van der Waals surface area contributed by atoms with Crippen molar-refractivity contribution >= 4 is 53.1 Å². The van der Waals surface area contributed by atoms with Crippen molar-refractivity contribution in [2.75, 3.05) is 32.7 Å². The molecule has 2 atom stereocenters. The van der Waals surface area contributed by atoms with Gasteiger partial charge >= 0.3 is 19.2 Å². The number of hydrogen-bond donors (Lipinski definition) is 2. The van der Waals surface area contributed by atoms with Crippen LogP contribution in [0.5, 0.6) is 5.75 Å². The predicted octanol–water partition coefficient (Wildman–Crippen LogP) is 6.92. The Bertz CT molecular complexity index is 1970. The van der Waals surface area contributed by atoms with E-state index in [1.807, 2.05) is 19.2 Å². The van der Waals surface area contributed by atoms with Crippen molar-refractivity contribution in [2.45, 2.75) is 70.2 Å². The van der Waals surface area contributed by atoms with Crippen molar-refractivity contribution in [3.63, 3.8) is 0 Å². The molecule has 2 aromatic carbocycles. The predicted molar refractivity (Wildman–Crippen MR) is 206 cm³/mol. The first-order valence-corrected chi connectivity index (χ1v) is 20.7. The van der Waals surface area contributed by atoms with Crippen LogP contribution < -0.4 is 14.9 Å². The lowest BCUT2D eigenvalue weighted by Crippen LogP contribution is -2.47. The second kappa shape index (κ2) is 18.7. The topological polar surface area (TPSA) is 147 Å². The monoisotopic (exact) mass is 797 g/mol. The number of hydrogen-bond acceptors (Lipinski definition) is 9. The van der Waals surface area contributed by atoms with Crippen LogP contribution in [0, 0.1) is 0 Å². The normalized spacial score (nSPS) is 16.0. The lowest BCUT2D eigenvalue weighted by atomic mass is 9.94. The molecule has 2 aliphatic rings. The van der Waals surface area contributed by atoms with E-state index in [-0.39, 0.29) is 16.5 Å². The molecule has 0 spiro atoms. The molecule has 2 aromatic heterocycles. The molecule has 6 rings (SSSR count). The van der Waals surface area contributed by atoms with E-state index in [9.17, 15) is 23.7 Å². The van der Waals surface area contributed by atoms with E-state index in [0.717, 1.165) is 55.8 Å². The zero-order valence-corrected chi connectivity index (χ0v) is 32.7. The fourth-order valence-corrected chi connectivity index (χ4v) is 8.72. The fourth-order valence-electron chi connectivity index (χ4n) is 6.16. The van der Waals surface area contributed by atoms with Gasteiger partial charge < -0.3 is 24.4 Å². The van der Waals surface area contributed by atoms with Gasteiger partial charge in [-0.3, -0.25) is 28.7 Å². The largest absolute Gasteiger partial charge is 0.462 e. The van der Waals surface area contributed by atoms with E-state index < -0.39 is 49.3 Å². The van der Waals surface area contributed by atoms with Crippen LogP contribution in [0.25, 0.3) is 10.1 Å². The summed E-state index contributed by atoms with van der Waals surface area (Å²) in [4.78, 5) is 56.3. The van der Waals surface area contributed by atoms with E-state index in [2.05, 4.69) is 21.5 Å². The Labute approximate surface area is 323 Å². The summed E-state index contributed by atoms with van der Waals surface area (Å²) < 4.78 is 56.9. The van der Waals surface area contributed by atoms with Crippen molar-refractivity contribution in [1.82, 2.24) is 25.2 Å². The molecule has 2 N–H and O–H groups in total. The van der Waals surface area contributed by atoms with Gasteiger partial charge in [0.25, 0.3) is 5.91 Å². The van der Waals surface area contributed by atoms with Gasteiger partial charge in [-0.05, 0) is 80.5 Å². The molecule has 294 valence electrons. The number of para-hydroxylation sites is 1. The molecule has 4 aromatic rings. The van der Waals surface area contributed by atoms with E-state index in [1.54, 1.807) is 48.0 Å². The number of ether oxygens (including phenoxy) is 1. The van der Waals surface area contributed by atoms with Crippen molar-refractivity contribution in [3.05, 3.63) is 95.1 Å². The Balaban J connectivity index is 0.000000407. The van der Waals surface area contributed by atoms with Gasteiger partial charge in [-0.1, -0.05) is 43.7 Å². The highest BCUT2D eigenvalue weighted by molar-refractivity contribution is 7.58. The van der Waals surface area contributed by atoms with Crippen molar-refractivity contribution in [1.29, 1.82) is 0 Å². The van der Waals surface area contributed by atoms with Crippen LogP contribution >= 0.6 is 18.9 Å². The number of pyridine rings is 1. The number of nitrogens with zero attached hydrogens (tertiary/aromatic N) is 3. The van der Waals surface area contributed by atoms with Gasteiger partial charge in [0, 0.05) is 54.8 Å². The average molecular weight is 798 g/mol. The van der Waals surface area contributed by atoms with Gasteiger partial charge in [-0.2, -0.15) is 8.78 Å². The Hall–Kier alpha value is -4.72. The number of benzene rings is 2. The number of amides is 3. The number of carbonyl (C=O) groups is 4. The lowest BCUT2D eigenvalue weighted by molar-refractivity contribution is -0.146. The molecule has 3 amide bonds. The Kier molecular flexibility index (Phi) is 14.1. The number of rotatable bonds is 15. The average Bonchev–Trinajstić information content (AvgIpc) is 3.85. The number of nitrogens with one attached hydrogen (secondary N) is 2. The highest BCUT2D eigenvalue weighted by atomic mass is 32.1. The van der Waals surface area contributed by atoms with E-state index in [4.69, 9.17) is 9.26 Å². The third-order valence-electron chi connectivity index (χ3n) is 9.05. The summed E-state index contributed by atoms with van der Waals surface area (Å²) in [5.41, 5.74) is -3.47. The molecular formula is C39H46F2N5O7PS. The molecule has 0 bridgehead atoms. The van der Waals surface area contributed by atoms with E-state index in [0.29, 0.717) is 41.9 Å². The van der Waals surface area contributed by atoms with E-state index in [1.165, 1.54) is 29.8 Å². The second-order valence-corrected chi connectivity index (χ2v) is 16.9. The maximum atomic E-state index is 16.1. The SMILES string of the molecule is CCC[C@H](NC(=O)c1cc2cc(C(F)(F)P(=O)(NCC(=O)OC(C)C)Oc3ccccc3)ccc2s1)C(=O)N1CCCC1.O=CN1CC(c2cccnc2)C1. The fraction of sp³-hybridized carbons (Fsp3) is 0.410. The van der Waals surface area contributed by atoms with Crippen LogP contribution in [-0.4, -0.2) is 83.8 Å². The molecule has 2 aliphatic heterocycles. The van der Waals surface area contributed by atoms with Gasteiger partial charge in [0.2, 0.25) is 12.3 Å². The molecule has 0 radical (unpaired) electrons. The van der Waals surface area contributed by atoms with Crippen LogP contribution in [0.2, 0.25) is 0 Å². The molecule has 12 nitrogen and oxygen atoms in total. The van der Waals surface area contributed by atoms with Crippen LogP contribution in [0.1, 0.15) is 73.2 Å². The molecule has 2 saturated heterocycles. The second-order valence-electron chi connectivity index (χ2n) is 13.6. The third-order valence-corrected chi connectivity index (χ3v) is 12.2. The first-order chi connectivity index (χ1) is 26.3. The minimum absolute atomic E-state index is 0.0732. The molecular weight excluding hydrogens is 751 g/mol. The lowest BCUT2D eigenvalue weighted by Gasteiger charge is -2.36. The Morgan fingerprint density at radius 2 is 1.78 bits per heavy atom.